The molecule has 0 radical (unpaired) electrons. The zero-order valence-electron chi connectivity index (χ0n) is 15.9. The van der Waals surface area contributed by atoms with Crippen LogP contribution in [0.1, 0.15) is 43.6 Å². The van der Waals surface area contributed by atoms with Crippen LogP contribution in [0.5, 0.6) is 0 Å². The molecule has 0 saturated carbocycles. The molecule has 0 spiro atoms. The number of carbonyl (C=O) groups is 1. The fourth-order valence-corrected chi connectivity index (χ4v) is 2.75. The molecule has 0 amide bonds. The van der Waals surface area contributed by atoms with E-state index in [9.17, 15) is 4.79 Å². The lowest BCUT2D eigenvalue weighted by atomic mass is 9.86. The van der Waals surface area contributed by atoms with Crippen molar-refractivity contribution in [2.24, 2.45) is 0 Å². The number of nitrogens with zero attached hydrogens (tertiary/aromatic N) is 3. The van der Waals surface area contributed by atoms with Crippen LogP contribution in [0.15, 0.2) is 54.7 Å². The normalized spacial score (nSPS) is 11.1. The van der Waals surface area contributed by atoms with Gasteiger partial charge in [0, 0.05) is 16.9 Å². The van der Waals surface area contributed by atoms with Gasteiger partial charge in [-0.1, -0.05) is 51.1 Å². The molecule has 2 N–H and O–H groups in total. The molecule has 3 rings (SSSR count). The first-order valence-corrected chi connectivity index (χ1v) is 8.77. The first kappa shape index (κ1) is 18.5. The number of para-hydroxylation sites is 1. The molecular weight excluding hydrogens is 338 g/mol. The fourth-order valence-electron chi connectivity index (χ4n) is 2.75. The standard InChI is InChI=1S/C21H23N5O/c1-14(27)15-8-7-9-16(12-15)23-19-13-22-26-20(25-19)24-18-11-6-5-10-17(18)21(2,3)4/h5-13H,1-4H3,(H2,23,24,25,26). The maximum absolute atomic E-state index is 11.5. The Morgan fingerprint density at radius 2 is 1.78 bits per heavy atom. The van der Waals surface area contributed by atoms with Crippen molar-refractivity contribution >= 4 is 28.9 Å². The Kier molecular flexibility index (Phi) is 5.16. The van der Waals surface area contributed by atoms with Gasteiger partial charge in [-0.25, -0.2) is 0 Å². The largest absolute Gasteiger partial charge is 0.339 e. The third-order valence-electron chi connectivity index (χ3n) is 4.08. The number of rotatable bonds is 5. The van der Waals surface area contributed by atoms with E-state index in [1.807, 2.05) is 30.3 Å². The van der Waals surface area contributed by atoms with Crippen LogP contribution in [0, 0.1) is 0 Å². The number of hydrogen-bond donors (Lipinski definition) is 2. The van der Waals surface area contributed by atoms with Gasteiger partial charge in [0.25, 0.3) is 0 Å². The van der Waals surface area contributed by atoms with E-state index in [1.54, 1.807) is 25.3 Å². The molecule has 6 heteroatoms. The molecule has 3 aromatic rings. The summed E-state index contributed by atoms with van der Waals surface area (Å²) in [6.45, 7) is 8.02. The molecular formula is C21H23N5O. The summed E-state index contributed by atoms with van der Waals surface area (Å²) in [5.74, 6) is 0.960. The Hall–Kier alpha value is -3.28. The summed E-state index contributed by atoms with van der Waals surface area (Å²) in [5.41, 5.74) is 3.51. The van der Waals surface area contributed by atoms with Crippen molar-refractivity contribution in [2.75, 3.05) is 10.6 Å². The van der Waals surface area contributed by atoms with Crippen LogP contribution in [0.2, 0.25) is 0 Å². The molecule has 0 unspecified atom stereocenters. The van der Waals surface area contributed by atoms with Gasteiger partial charge in [-0.2, -0.15) is 10.1 Å². The Balaban J connectivity index is 1.83. The average Bonchev–Trinajstić information content (AvgIpc) is 2.62. The van der Waals surface area contributed by atoms with E-state index in [-0.39, 0.29) is 11.2 Å². The number of benzene rings is 2. The molecule has 0 saturated heterocycles. The molecule has 138 valence electrons. The van der Waals surface area contributed by atoms with Crippen LogP contribution < -0.4 is 10.6 Å². The highest BCUT2D eigenvalue weighted by Gasteiger charge is 2.18. The van der Waals surface area contributed by atoms with E-state index in [2.05, 4.69) is 52.7 Å². The second-order valence-corrected chi connectivity index (χ2v) is 7.35. The zero-order chi connectivity index (χ0) is 19.4. The first-order chi connectivity index (χ1) is 12.8. The van der Waals surface area contributed by atoms with Crippen LogP contribution in [-0.4, -0.2) is 21.0 Å². The van der Waals surface area contributed by atoms with Gasteiger partial charge < -0.3 is 10.6 Å². The average molecular weight is 361 g/mol. The molecule has 0 atom stereocenters. The molecule has 0 aliphatic heterocycles. The second kappa shape index (κ2) is 7.53. The topological polar surface area (TPSA) is 79.8 Å². The third kappa shape index (κ3) is 4.67. The Morgan fingerprint density at radius 3 is 2.52 bits per heavy atom. The van der Waals surface area contributed by atoms with Crippen molar-refractivity contribution in [3.8, 4) is 0 Å². The van der Waals surface area contributed by atoms with E-state index in [1.165, 1.54) is 5.56 Å². The first-order valence-electron chi connectivity index (χ1n) is 8.77. The molecule has 1 heterocycles. The van der Waals surface area contributed by atoms with E-state index < -0.39 is 0 Å². The summed E-state index contributed by atoms with van der Waals surface area (Å²) in [6.07, 6.45) is 1.54. The predicted octanol–water partition coefficient (Wildman–Crippen LogP) is 4.86. The van der Waals surface area contributed by atoms with Crippen LogP contribution in [0.25, 0.3) is 0 Å². The van der Waals surface area contributed by atoms with Crippen molar-refractivity contribution < 1.29 is 4.79 Å². The number of Topliss-reactive ketones (excluding diaryl/α,β-unsaturated/α-hetero) is 1. The summed E-state index contributed by atoms with van der Waals surface area (Å²) in [6, 6.07) is 15.3. The van der Waals surface area contributed by atoms with Crippen LogP contribution in [0.3, 0.4) is 0 Å². The van der Waals surface area contributed by atoms with Gasteiger partial charge in [0.05, 0.1) is 6.20 Å². The summed E-state index contributed by atoms with van der Waals surface area (Å²) in [5, 5.41) is 14.5. The van der Waals surface area contributed by atoms with Crippen molar-refractivity contribution in [3.05, 3.63) is 65.9 Å². The highest BCUT2D eigenvalue weighted by molar-refractivity contribution is 5.95. The Labute approximate surface area is 159 Å². The Morgan fingerprint density at radius 1 is 1.00 bits per heavy atom. The molecule has 6 nitrogen and oxygen atoms in total. The van der Waals surface area contributed by atoms with Gasteiger partial charge in [0.15, 0.2) is 11.6 Å². The van der Waals surface area contributed by atoms with E-state index >= 15 is 0 Å². The molecule has 0 bridgehead atoms. The molecule has 0 aliphatic carbocycles. The summed E-state index contributed by atoms with van der Waals surface area (Å²) < 4.78 is 0. The maximum atomic E-state index is 11.5. The molecule has 2 aromatic carbocycles. The number of carbonyl (C=O) groups excluding carboxylic acids is 1. The van der Waals surface area contributed by atoms with Crippen molar-refractivity contribution in [3.63, 3.8) is 0 Å². The third-order valence-corrected chi connectivity index (χ3v) is 4.08. The number of aromatic nitrogens is 3. The lowest BCUT2D eigenvalue weighted by molar-refractivity contribution is 0.101. The number of anilines is 4. The number of ketones is 1. The zero-order valence-corrected chi connectivity index (χ0v) is 15.9. The van der Waals surface area contributed by atoms with Crippen LogP contribution in [-0.2, 0) is 5.41 Å². The lowest BCUT2D eigenvalue weighted by Gasteiger charge is -2.22. The molecule has 0 fully saturated rings. The van der Waals surface area contributed by atoms with E-state index in [4.69, 9.17) is 0 Å². The summed E-state index contributed by atoms with van der Waals surface area (Å²) in [4.78, 5) is 16.0. The maximum Gasteiger partial charge on any atom is 0.249 e. The van der Waals surface area contributed by atoms with E-state index in [0.29, 0.717) is 17.3 Å². The van der Waals surface area contributed by atoms with Gasteiger partial charge in [-0.3, -0.25) is 4.79 Å². The van der Waals surface area contributed by atoms with Gasteiger partial charge in [-0.05, 0) is 36.1 Å². The van der Waals surface area contributed by atoms with Gasteiger partial charge >= 0.3 is 0 Å². The SMILES string of the molecule is CC(=O)c1cccc(Nc2cnnc(Nc3ccccc3C(C)(C)C)n2)c1. The van der Waals surface area contributed by atoms with Crippen molar-refractivity contribution in [1.82, 2.24) is 15.2 Å². The van der Waals surface area contributed by atoms with Gasteiger partial charge in [-0.15, -0.1) is 5.10 Å². The van der Waals surface area contributed by atoms with Gasteiger partial charge in [0.2, 0.25) is 5.95 Å². The highest BCUT2D eigenvalue weighted by Crippen LogP contribution is 2.30. The predicted molar refractivity (Wildman–Crippen MR) is 108 cm³/mol. The molecule has 0 aliphatic rings. The molecule has 27 heavy (non-hydrogen) atoms. The number of nitrogens with one attached hydrogen (secondary N) is 2. The smallest absolute Gasteiger partial charge is 0.249 e. The van der Waals surface area contributed by atoms with E-state index in [0.717, 1.165) is 11.4 Å². The minimum Gasteiger partial charge on any atom is -0.339 e. The Bertz CT molecular complexity index is 963. The van der Waals surface area contributed by atoms with Crippen molar-refractivity contribution in [2.45, 2.75) is 33.1 Å². The van der Waals surface area contributed by atoms with Crippen LogP contribution >= 0.6 is 0 Å². The monoisotopic (exact) mass is 361 g/mol. The van der Waals surface area contributed by atoms with Gasteiger partial charge in [0.1, 0.15) is 0 Å². The molecule has 1 aromatic heterocycles. The summed E-state index contributed by atoms with van der Waals surface area (Å²) >= 11 is 0. The summed E-state index contributed by atoms with van der Waals surface area (Å²) in [7, 11) is 0. The van der Waals surface area contributed by atoms with Crippen LogP contribution in [0.4, 0.5) is 23.1 Å². The number of hydrogen-bond acceptors (Lipinski definition) is 6. The lowest BCUT2D eigenvalue weighted by Crippen LogP contribution is -2.14. The highest BCUT2D eigenvalue weighted by atomic mass is 16.1. The minimum atomic E-state index is -0.0139. The fraction of sp³-hybridized carbons (Fsp3) is 0.238. The van der Waals surface area contributed by atoms with Crippen molar-refractivity contribution in [1.29, 1.82) is 0 Å². The second-order valence-electron chi connectivity index (χ2n) is 7.35. The quantitative estimate of drug-likeness (QED) is 0.632. The minimum absolute atomic E-state index is 0.0139.